The van der Waals surface area contributed by atoms with Crippen LogP contribution in [-0.2, 0) is 20.9 Å². The average Bonchev–Trinajstić information content (AvgIpc) is 2.76. The van der Waals surface area contributed by atoms with Crippen molar-refractivity contribution in [2.75, 3.05) is 6.54 Å². The Kier molecular flexibility index (Phi) is 6.06. The first-order valence-corrected chi connectivity index (χ1v) is 8.63. The van der Waals surface area contributed by atoms with E-state index in [1.54, 1.807) is 31.2 Å². The van der Waals surface area contributed by atoms with Crippen LogP contribution in [0.4, 0.5) is 4.79 Å². The van der Waals surface area contributed by atoms with Gasteiger partial charge in [0, 0.05) is 5.02 Å². The third-order valence-electron chi connectivity index (χ3n) is 4.17. The minimum Gasteiger partial charge on any atom is -0.459 e. The lowest BCUT2D eigenvalue weighted by atomic mass is 9.92. The van der Waals surface area contributed by atoms with Gasteiger partial charge in [0.1, 0.15) is 18.7 Å². The van der Waals surface area contributed by atoms with Gasteiger partial charge in [-0.25, -0.2) is 4.79 Å². The molecule has 0 saturated carbocycles. The maximum atomic E-state index is 12.5. The zero-order valence-electron chi connectivity index (χ0n) is 14.7. The van der Waals surface area contributed by atoms with E-state index in [0.29, 0.717) is 17.4 Å². The van der Waals surface area contributed by atoms with Gasteiger partial charge in [-0.15, -0.1) is 0 Å². The van der Waals surface area contributed by atoms with Crippen molar-refractivity contribution in [1.82, 2.24) is 10.2 Å². The van der Waals surface area contributed by atoms with Crippen LogP contribution in [0.5, 0.6) is 0 Å². The summed E-state index contributed by atoms with van der Waals surface area (Å²) in [5.41, 5.74) is -0.186. The molecule has 2 rings (SSSR count). The maximum absolute atomic E-state index is 12.5. The first kappa shape index (κ1) is 19.2. The number of urea groups is 1. The first-order valence-electron chi connectivity index (χ1n) is 8.25. The molecule has 25 heavy (non-hydrogen) atoms. The summed E-state index contributed by atoms with van der Waals surface area (Å²) in [6.07, 6.45) is 1.34. The molecular weight excluding hydrogens is 344 g/mol. The minimum absolute atomic E-state index is 0.0598. The Labute approximate surface area is 152 Å². The Morgan fingerprint density at radius 3 is 2.52 bits per heavy atom. The molecular formula is C18H23ClN2O4. The standard InChI is InChI=1S/C18H23ClN2O4/c1-12(2)8-9-18(3)16(23)21(17(24)20-18)10-15(22)25-11-13-4-6-14(19)7-5-13/h4-7,12H,8-11H2,1-3H3,(H,20,24)/t18-/m1/s1. The SMILES string of the molecule is CC(C)CC[C@@]1(C)NC(=O)N(CC(=O)OCc2ccc(Cl)cc2)C1=O. The number of benzene rings is 1. The Hall–Kier alpha value is -2.08. The molecule has 1 aromatic carbocycles. The predicted molar refractivity (Wildman–Crippen MR) is 94.0 cm³/mol. The van der Waals surface area contributed by atoms with Crippen molar-refractivity contribution in [2.24, 2.45) is 5.92 Å². The summed E-state index contributed by atoms with van der Waals surface area (Å²) in [5.74, 6) is -0.604. The van der Waals surface area contributed by atoms with Crippen LogP contribution in [-0.4, -0.2) is 34.9 Å². The summed E-state index contributed by atoms with van der Waals surface area (Å²) in [6.45, 7) is 5.46. The number of esters is 1. The molecule has 0 bridgehead atoms. The zero-order chi connectivity index (χ0) is 18.6. The van der Waals surface area contributed by atoms with Crippen molar-refractivity contribution in [2.45, 2.75) is 45.8 Å². The highest BCUT2D eigenvalue weighted by Crippen LogP contribution is 2.24. The third kappa shape index (κ3) is 4.95. The number of rotatable bonds is 7. The van der Waals surface area contributed by atoms with Gasteiger partial charge in [0.2, 0.25) is 0 Å². The van der Waals surface area contributed by atoms with E-state index in [0.717, 1.165) is 16.9 Å². The number of imide groups is 1. The Bertz CT molecular complexity index is 660. The number of hydrogen-bond acceptors (Lipinski definition) is 4. The molecule has 0 aromatic heterocycles. The molecule has 0 spiro atoms. The molecule has 7 heteroatoms. The normalized spacial score (nSPS) is 20.1. The molecule has 0 radical (unpaired) electrons. The highest BCUT2D eigenvalue weighted by molar-refractivity contribution is 6.30. The molecule has 0 aliphatic carbocycles. The van der Waals surface area contributed by atoms with Crippen LogP contribution in [0, 0.1) is 5.92 Å². The summed E-state index contributed by atoms with van der Waals surface area (Å²) in [6, 6.07) is 6.32. The predicted octanol–water partition coefficient (Wildman–Crippen LogP) is 3.13. The lowest BCUT2D eigenvalue weighted by Gasteiger charge is -2.22. The van der Waals surface area contributed by atoms with Gasteiger partial charge < -0.3 is 10.1 Å². The fraction of sp³-hybridized carbons (Fsp3) is 0.500. The molecule has 1 aliphatic rings. The Balaban J connectivity index is 1.90. The molecule has 1 N–H and O–H groups in total. The van der Waals surface area contributed by atoms with Gasteiger partial charge in [-0.1, -0.05) is 37.6 Å². The molecule has 1 heterocycles. The second-order valence-electron chi connectivity index (χ2n) is 6.87. The molecule has 1 fully saturated rings. The van der Waals surface area contributed by atoms with E-state index in [1.165, 1.54) is 0 Å². The van der Waals surface area contributed by atoms with Crippen molar-refractivity contribution in [3.8, 4) is 0 Å². The monoisotopic (exact) mass is 366 g/mol. The summed E-state index contributed by atoms with van der Waals surface area (Å²) < 4.78 is 5.14. The number of hydrogen-bond donors (Lipinski definition) is 1. The number of nitrogens with zero attached hydrogens (tertiary/aromatic N) is 1. The number of amides is 3. The van der Waals surface area contributed by atoms with Crippen LogP contribution < -0.4 is 5.32 Å². The van der Waals surface area contributed by atoms with E-state index >= 15 is 0 Å². The highest BCUT2D eigenvalue weighted by atomic mass is 35.5. The molecule has 3 amide bonds. The van der Waals surface area contributed by atoms with E-state index in [1.807, 2.05) is 0 Å². The van der Waals surface area contributed by atoms with Gasteiger partial charge in [-0.05, 0) is 43.4 Å². The Morgan fingerprint density at radius 1 is 1.28 bits per heavy atom. The van der Waals surface area contributed by atoms with Gasteiger partial charge in [0.25, 0.3) is 5.91 Å². The lowest BCUT2D eigenvalue weighted by Crippen LogP contribution is -2.44. The largest absolute Gasteiger partial charge is 0.459 e. The number of nitrogens with one attached hydrogen (secondary N) is 1. The summed E-state index contributed by atoms with van der Waals surface area (Å²) in [5, 5.41) is 3.28. The minimum atomic E-state index is -0.961. The van der Waals surface area contributed by atoms with Crippen molar-refractivity contribution in [1.29, 1.82) is 0 Å². The van der Waals surface area contributed by atoms with Crippen molar-refractivity contribution in [3.05, 3.63) is 34.9 Å². The molecule has 6 nitrogen and oxygen atoms in total. The maximum Gasteiger partial charge on any atom is 0.326 e. The van der Waals surface area contributed by atoms with E-state index in [9.17, 15) is 14.4 Å². The highest BCUT2D eigenvalue weighted by Gasteiger charge is 2.48. The zero-order valence-corrected chi connectivity index (χ0v) is 15.4. The van der Waals surface area contributed by atoms with E-state index < -0.39 is 24.1 Å². The summed E-state index contributed by atoms with van der Waals surface area (Å²) >= 11 is 5.80. The van der Waals surface area contributed by atoms with Crippen molar-refractivity contribution in [3.63, 3.8) is 0 Å². The fourth-order valence-corrected chi connectivity index (χ4v) is 2.68. The third-order valence-corrected chi connectivity index (χ3v) is 4.42. The quantitative estimate of drug-likeness (QED) is 0.594. The first-order chi connectivity index (χ1) is 11.7. The molecule has 1 aromatic rings. The smallest absolute Gasteiger partial charge is 0.326 e. The lowest BCUT2D eigenvalue weighted by molar-refractivity contribution is -0.148. The van der Waals surface area contributed by atoms with Crippen molar-refractivity contribution >= 4 is 29.5 Å². The molecule has 136 valence electrons. The van der Waals surface area contributed by atoms with E-state index in [2.05, 4.69) is 19.2 Å². The number of halogens is 1. The average molecular weight is 367 g/mol. The van der Waals surface area contributed by atoms with Gasteiger partial charge in [-0.2, -0.15) is 0 Å². The number of carbonyl (C=O) groups is 3. The van der Waals surface area contributed by atoms with Gasteiger partial charge in [0.15, 0.2) is 0 Å². The van der Waals surface area contributed by atoms with Gasteiger partial charge in [-0.3, -0.25) is 14.5 Å². The summed E-state index contributed by atoms with van der Waals surface area (Å²) in [7, 11) is 0. The number of ether oxygens (including phenoxy) is 1. The van der Waals surface area contributed by atoms with Crippen LogP contribution in [0.1, 0.15) is 39.2 Å². The van der Waals surface area contributed by atoms with E-state index in [4.69, 9.17) is 16.3 Å². The van der Waals surface area contributed by atoms with Gasteiger partial charge >= 0.3 is 12.0 Å². The number of carbonyl (C=O) groups excluding carboxylic acids is 3. The van der Waals surface area contributed by atoms with Crippen LogP contribution in [0.3, 0.4) is 0 Å². The van der Waals surface area contributed by atoms with Crippen LogP contribution >= 0.6 is 11.6 Å². The topological polar surface area (TPSA) is 75.7 Å². The Morgan fingerprint density at radius 2 is 1.92 bits per heavy atom. The molecule has 1 aliphatic heterocycles. The molecule has 1 saturated heterocycles. The second kappa shape index (κ2) is 7.87. The van der Waals surface area contributed by atoms with Crippen LogP contribution in [0.15, 0.2) is 24.3 Å². The van der Waals surface area contributed by atoms with E-state index in [-0.39, 0.29) is 12.5 Å². The van der Waals surface area contributed by atoms with Crippen LogP contribution in [0.25, 0.3) is 0 Å². The van der Waals surface area contributed by atoms with Crippen molar-refractivity contribution < 1.29 is 19.1 Å². The van der Waals surface area contributed by atoms with Crippen LogP contribution in [0.2, 0.25) is 5.02 Å². The summed E-state index contributed by atoms with van der Waals surface area (Å²) in [4.78, 5) is 37.5. The molecule has 0 unspecified atom stereocenters. The molecule has 1 atom stereocenters. The second-order valence-corrected chi connectivity index (χ2v) is 7.31. The van der Waals surface area contributed by atoms with Gasteiger partial charge in [0.05, 0.1) is 0 Å². The fourth-order valence-electron chi connectivity index (χ4n) is 2.56.